The molecule has 0 bridgehead atoms. The van der Waals surface area contributed by atoms with Crippen LogP contribution in [0.2, 0.25) is 0 Å². The van der Waals surface area contributed by atoms with Gasteiger partial charge < -0.3 is 29.6 Å². The lowest BCUT2D eigenvalue weighted by Crippen LogP contribution is -2.29. The second kappa shape index (κ2) is 7.16. The summed E-state index contributed by atoms with van der Waals surface area (Å²) in [5.41, 5.74) is 0.706. The molecule has 2 heterocycles. The molecule has 14 heteroatoms. The van der Waals surface area contributed by atoms with Gasteiger partial charge >= 0.3 is 15.6 Å². The molecular weight excluding hydrogens is 330 g/mol. The van der Waals surface area contributed by atoms with Crippen LogP contribution in [0.1, 0.15) is 5.69 Å². The van der Waals surface area contributed by atoms with Crippen molar-refractivity contribution in [1.29, 1.82) is 0 Å². The minimum absolute atomic E-state index is 0.0803. The lowest BCUT2D eigenvalue weighted by Gasteiger charge is -2.22. The average molecular weight is 342 g/mol. The van der Waals surface area contributed by atoms with E-state index in [1.54, 1.807) is 23.5 Å². The zero-order valence-electron chi connectivity index (χ0n) is 10.3. The summed E-state index contributed by atoms with van der Waals surface area (Å²) in [6.45, 7) is 0.366. The first-order chi connectivity index (χ1) is 9.62. The zero-order valence-corrected chi connectivity index (χ0v) is 12.1. The van der Waals surface area contributed by atoms with Crippen molar-refractivity contribution < 1.29 is 38.1 Å². The van der Waals surface area contributed by atoms with Crippen LogP contribution in [0.25, 0.3) is 0 Å². The second-order valence-electron chi connectivity index (χ2n) is 3.46. The second-order valence-corrected chi connectivity index (χ2v) is 6.08. The zero-order chi connectivity index (χ0) is 16.1. The summed E-state index contributed by atoms with van der Waals surface area (Å²) in [7, 11) is -10.1. The number of aliphatic hydroxyl groups excluding tert-OH is 1. The molecule has 0 saturated carbocycles. The fourth-order valence-corrected chi connectivity index (χ4v) is 2.33. The van der Waals surface area contributed by atoms with Crippen molar-refractivity contribution in [3.63, 3.8) is 0 Å². The third-order valence-electron chi connectivity index (χ3n) is 1.86. The van der Waals surface area contributed by atoms with Gasteiger partial charge in [0.2, 0.25) is 0 Å². The van der Waals surface area contributed by atoms with Crippen LogP contribution in [0.5, 0.6) is 0 Å². The number of aliphatic imine (C=N–C) groups is 1. The largest absolute Gasteiger partial charge is 0.478 e. The van der Waals surface area contributed by atoms with Crippen molar-refractivity contribution in [3.05, 3.63) is 18.1 Å². The van der Waals surface area contributed by atoms with Crippen molar-refractivity contribution >= 4 is 27.7 Å². The third-order valence-corrected chi connectivity index (χ3v) is 3.56. The van der Waals surface area contributed by atoms with E-state index in [0.29, 0.717) is 18.2 Å². The molecule has 0 saturated heterocycles. The number of hydrogen-bond acceptors (Lipinski definition) is 8. The van der Waals surface area contributed by atoms with Gasteiger partial charge in [0.05, 0.1) is 6.21 Å². The molecule has 0 unspecified atom stereocenters. The molecule has 0 atom stereocenters. The van der Waals surface area contributed by atoms with Crippen molar-refractivity contribution in [1.82, 2.24) is 9.97 Å². The number of anilines is 1. The summed E-state index contributed by atoms with van der Waals surface area (Å²) in [5, 5.41) is 8.92. The molecular formula is C7H12N4O8P2. The van der Waals surface area contributed by atoms with Crippen molar-refractivity contribution in [2.45, 2.75) is 0 Å². The summed E-state index contributed by atoms with van der Waals surface area (Å²) < 4.78 is 22.2. The Morgan fingerprint density at radius 1 is 1.14 bits per heavy atom. The molecule has 0 amide bonds. The molecule has 0 aromatic carbocycles. The van der Waals surface area contributed by atoms with Gasteiger partial charge in [0.15, 0.2) is 5.82 Å². The number of nitrogens with zero attached hydrogens (tertiary/aromatic N) is 4. The average Bonchev–Trinajstić information content (AvgIpc) is 2.34. The van der Waals surface area contributed by atoms with E-state index in [0.717, 1.165) is 0 Å². The molecule has 12 nitrogen and oxygen atoms in total. The van der Waals surface area contributed by atoms with Crippen LogP contribution in [-0.2, 0) is 13.4 Å². The first-order valence-electron chi connectivity index (χ1n) is 5.11. The van der Waals surface area contributed by atoms with Gasteiger partial charge in [0.1, 0.15) is 19.1 Å². The first-order valence-corrected chi connectivity index (χ1v) is 8.17. The summed E-state index contributed by atoms with van der Waals surface area (Å²) >= 11 is 0. The SMILES string of the molecule is O=P(O)(O)OP(=O)(O)O.OCN1CN=Cc2nccnc21. The molecule has 1 aromatic heterocycles. The van der Waals surface area contributed by atoms with E-state index in [1.807, 2.05) is 0 Å². The minimum Gasteiger partial charge on any atom is -0.376 e. The fraction of sp³-hybridized carbons (Fsp3) is 0.286. The molecule has 0 spiro atoms. The molecule has 5 N–H and O–H groups in total. The topological polar surface area (TPSA) is 186 Å². The maximum absolute atomic E-state index is 9.63. The van der Waals surface area contributed by atoms with Gasteiger partial charge in [-0.05, 0) is 0 Å². The molecule has 1 aliphatic rings. The lowest BCUT2D eigenvalue weighted by molar-refractivity contribution is 0.225. The van der Waals surface area contributed by atoms with Gasteiger partial charge in [-0.2, -0.15) is 4.31 Å². The molecule has 1 aliphatic heterocycles. The van der Waals surface area contributed by atoms with Crippen LogP contribution < -0.4 is 4.90 Å². The Morgan fingerprint density at radius 3 is 2.19 bits per heavy atom. The third kappa shape index (κ3) is 6.85. The monoisotopic (exact) mass is 342 g/mol. The van der Waals surface area contributed by atoms with Crippen LogP contribution in [0, 0.1) is 0 Å². The highest BCUT2D eigenvalue weighted by atomic mass is 31.3. The predicted octanol–water partition coefficient (Wildman–Crippen LogP) is -1.19. The van der Waals surface area contributed by atoms with Gasteiger partial charge in [0, 0.05) is 12.4 Å². The van der Waals surface area contributed by atoms with Crippen LogP contribution in [-0.4, -0.2) is 54.3 Å². The first kappa shape index (κ1) is 17.8. The van der Waals surface area contributed by atoms with Crippen LogP contribution in [0.4, 0.5) is 5.82 Å². The van der Waals surface area contributed by atoms with Crippen molar-refractivity contribution in [3.8, 4) is 0 Å². The summed E-state index contributed by atoms with van der Waals surface area (Å²) in [4.78, 5) is 44.8. The highest BCUT2D eigenvalue weighted by Gasteiger charge is 2.27. The van der Waals surface area contributed by atoms with E-state index < -0.39 is 15.6 Å². The van der Waals surface area contributed by atoms with Gasteiger partial charge in [-0.15, -0.1) is 0 Å². The predicted molar refractivity (Wildman–Crippen MR) is 69.2 cm³/mol. The smallest absolute Gasteiger partial charge is 0.376 e. The quantitative estimate of drug-likeness (QED) is 0.416. The highest BCUT2D eigenvalue weighted by molar-refractivity contribution is 7.60. The molecule has 0 fully saturated rings. The standard InChI is InChI=1S/C7H8N4O.H4O7P2/c12-5-11-4-8-3-6-7(11)10-2-1-9-6;1-8(2,3)7-9(4,5)6/h1-3,12H,4-5H2;(H2,1,2,3)(H2,4,5,6). The molecule has 1 aromatic rings. The Balaban J connectivity index is 0.000000222. The molecule has 0 aliphatic carbocycles. The van der Waals surface area contributed by atoms with E-state index in [2.05, 4.69) is 19.3 Å². The van der Waals surface area contributed by atoms with Crippen molar-refractivity contribution in [2.75, 3.05) is 18.3 Å². The Labute approximate surface area is 118 Å². The van der Waals surface area contributed by atoms with Crippen molar-refractivity contribution in [2.24, 2.45) is 4.99 Å². The summed E-state index contributed by atoms with van der Waals surface area (Å²) in [6, 6.07) is 0. The summed E-state index contributed by atoms with van der Waals surface area (Å²) in [5.74, 6) is 0.690. The van der Waals surface area contributed by atoms with E-state index in [4.69, 9.17) is 24.7 Å². The van der Waals surface area contributed by atoms with Gasteiger partial charge in [-0.3, -0.25) is 4.99 Å². The molecule has 118 valence electrons. The Hall–Kier alpha value is -1.23. The highest BCUT2D eigenvalue weighted by Crippen LogP contribution is 2.53. The van der Waals surface area contributed by atoms with Crippen LogP contribution in [0.3, 0.4) is 0 Å². The van der Waals surface area contributed by atoms with Crippen LogP contribution in [0.15, 0.2) is 17.4 Å². The van der Waals surface area contributed by atoms with E-state index in [-0.39, 0.29) is 6.73 Å². The maximum atomic E-state index is 9.63. The fourth-order valence-electron chi connectivity index (χ4n) is 1.22. The van der Waals surface area contributed by atoms with E-state index in [9.17, 15) is 9.13 Å². The van der Waals surface area contributed by atoms with E-state index in [1.165, 1.54) is 0 Å². The van der Waals surface area contributed by atoms with Gasteiger partial charge in [0.25, 0.3) is 0 Å². The Morgan fingerprint density at radius 2 is 1.71 bits per heavy atom. The summed E-state index contributed by atoms with van der Waals surface area (Å²) in [6.07, 6.45) is 4.86. The molecule has 0 radical (unpaired) electrons. The number of aromatic nitrogens is 2. The number of fused-ring (bicyclic) bond motifs is 1. The molecule has 2 rings (SSSR count). The number of aliphatic hydroxyl groups is 1. The van der Waals surface area contributed by atoms with Crippen LogP contribution >= 0.6 is 15.6 Å². The minimum atomic E-state index is -5.05. The number of hydrogen-bond donors (Lipinski definition) is 5. The molecule has 21 heavy (non-hydrogen) atoms. The Bertz CT molecular complexity index is 578. The maximum Gasteiger partial charge on any atom is 0.478 e. The lowest BCUT2D eigenvalue weighted by atomic mass is 10.4. The number of rotatable bonds is 3. The normalized spacial score (nSPS) is 14.2. The Kier molecular flexibility index (Phi) is 6.08. The van der Waals surface area contributed by atoms with Gasteiger partial charge in [-0.25, -0.2) is 19.1 Å². The van der Waals surface area contributed by atoms with E-state index >= 15 is 0 Å². The number of phosphoric acid groups is 2. The van der Waals surface area contributed by atoms with Gasteiger partial charge in [-0.1, -0.05) is 0 Å².